The van der Waals surface area contributed by atoms with Crippen LogP contribution in [0.25, 0.3) is 0 Å². The fraction of sp³-hybridized carbons (Fsp3) is 0.947. The predicted octanol–water partition coefficient (Wildman–Crippen LogP) is 0.945. The van der Waals surface area contributed by atoms with Gasteiger partial charge in [0.15, 0.2) is 5.96 Å². The number of ether oxygens (including phenoxy) is 2. The Labute approximate surface area is 181 Å². The summed E-state index contributed by atoms with van der Waals surface area (Å²) in [6.07, 6.45) is 3.36. The Morgan fingerprint density at radius 3 is 2.37 bits per heavy atom. The smallest absolute Gasteiger partial charge is 0.193 e. The molecule has 0 amide bonds. The Hall–Kier alpha value is -0.160. The molecule has 1 unspecified atom stereocenters. The van der Waals surface area contributed by atoms with Gasteiger partial charge in [-0.2, -0.15) is 0 Å². The first kappa shape index (κ1) is 23.1. The fourth-order valence-corrected chi connectivity index (χ4v) is 4.34. The van der Waals surface area contributed by atoms with Gasteiger partial charge in [-0.05, 0) is 39.3 Å². The summed E-state index contributed by atoms with van der Waals surface area (Å²) < 4.78 is 11.1. The van der Waals surface area contributed by atoms with E-state index in [-0.39, 0.29) is 29.5 Å². The van der Waals surface area contributed by atoms with Crippen molar-refractivity contribution in [1.29, 1.82) is 0 Å². The van der Waals surface area contributed by atoms with Gasteiger partial charge in [0.25, 0.3) is 0 Å². The van der Waals surface area contributed by atoms with Crippen LogP contribution < -0.4 is 5.32 Å². The molecule has 27 heavy (non-hydrogen) atoms. The van der Waals surface area contributed by atoms with Gasteiger partial charge in [-0.1, -0.05) is 0 Å². The number of nitrogens with zero attached hydrogens (tertiary/aromatic N) is 4. The lowest BCUT2D eigenvalue weighted by Gasteiger charge is -2.44. The lowest BCUT2D eigenvalue weighted by Crippen LogP contribution is -2.59. The normalized spacial score (nSPS) is 26.9. The molecule has 0 aromatic heterocycles. The first-order valence-electron chi connectivity index (χ1n) is 10.1. The number of piperazine rings is 1. The van der Waals surface area contributed by atoms with Gasteiger partial charge in [0.2, 0.25) is 0 Å². The second kappa shape index (κ2) is 11.1. The highest BCUT2D eigenvalue weighted by atomic mass is 127. The third-order valence-corrected chi connectivity index (χ3v) is 6.37. The highest BCUT2D eigenvalue weighted by Crippen LogP contribution is 2.25. The maximum Gasteiger partial charge on any atom is 0.193 e. The fourth-order valence-electron chi connectivity index (χ4n) is 4.34. The van der Waals surface area contributed by atoms with Gasteiger partial charge in [0, 0.05) is 71.7 Å². The molecule has 1 atom stereocenters. The van der Waals surface area contributed by atoms with E-state index in [9.17, 15) is 0 Å². The number of rotatable bonds is 5. The van der Waals surface area contributed by atoms with Crippen molar-refractivity contribution >= 4 is 29.9 Å². The van der Waals surface area contributed by atoms with Crippen LogP contribution in [0.1, 0.15) is 19.3 Å². The van der Waals surface area contributed by atoms with E-state index in [0.29, 0.717) is 0 Å². The van der Waals surface area contributed by atoms with E-state index in [4.69, 9.17) is 9.47 Å². The van der Waals surface area contributed by atoms with E-state index in [0.717, 1.165) is 83.9 Å². The third kappa shape index (κ3) is 6.16. The van der Waals surface area contributed by atoms with Gasteiger partial charge >= 0.3 is 0 Å². The summed E-state index contributed by atoms with van der Waals surface area (Å²) in [5.74, 6) is 1.77. The summed E-state index contributed by atoms with van der Waals surface area (Å²) in [7, 11) is 6.26. The molecule has 3 saturated heterocycles. The molecule has 3 aliphatic rings. The minimum atomic E-state index is 0. The van der Waals surface area contributed by atoms with Crippen LogP contribution in [-0.4, -0.2) is 113 Å². The van der Waals surface area contributed by atoms with Crippen LogP contribution in [-0.2, 0) is 9.47 Å². The SMILES string of the molecule is CN=C(NCC1(N(C)C)CCOCC1)N1CCN(CC2CCOC2)CC1.I. The summed E-state index contributed by atoms with van der Waals surface area (Å²) in [6, 6.07) is 0. The number of hydrogen-bond acceptors (Lipinski definition) is 5. The minimum absolute atomic E-state index is 0. The zero-order valence-electron chi connectivity index (χ0n) is 17.3. The Kier molecular flexibility index (Phi) is 9.54. The second-order valence-corrected chi connectivity index (χ2v) is 8.15. The van der Waals surface area contributed by atoms with E-state index in [1.807, 2.05) is 7.05 Å². The molecule has 0 aliphatic carbocycles. The van der Waals surface area contributed by atoms with Crippen molar-refractivity contribution in [2.45, 2.75) is 24.8 Å². The number of likely N-dealkylation sites (N-methyl/N-ethyl adjacent to an activating group) is 1. The third-order valence-electron chi connectivity index (χ3n) is 6.37. The number of aliphatic imine (C=N–C) groups is 1. The molecule has 0 bridgehead atoms. The largest absolute Gasteiger partial charge is 0.381 e. The Morgan fingerprint density at radius 1 is 1.11 bits per heavy atom. The van der Waals surface area contributed by atoms with Gasteiger partial charge < -0.3 is 24.6 Å². The number of guanidine groups is 1. The van der Waals surface area contributed by atoms with Crippen LogP contribution in [0.15, 0.2) is 4.99 Å². The highest BCUT2D eigenvalue weighted by molar-refractivity contribution is 14.0. The van der Waals surface area contributed by atoms with E-state index >= 15 is 0 Å². The molecule has 8 heteroatoms. The maximum absolute atomic E-state index is 5.58. The molecule has 0 saturated carbocycles. The van der Waals surface area contributed by atoms with Crippen molar-refractivity contribution in [3.63, 3.8) is 0 Å². The zero-order chi connectivity index (χ0) is 18.4. The molecule has 3 aliphatic heterocycles. The van der Waals surface area contributed by atoms with Crippen molar-refractivity contribution in [2.75, 3.05) is 86.8 Å². The molecule has 0 spiro atoms. The molecule has 1 N–H and O–H groups in total. The molecule has 7 nitrogen and oxygen atoms in total. The van der Waals surface area contributed by atoms with Gasteiger partial charge in [-0.15, -0.1) is 24.0 Å². The lowest BCUT2D eigenvalue weighted by atomic mass is 9.88. The predicted molar refractivity (Wildman–Crippen MR) is 120 cm³/mol. The van der Waals surface area contributed by atoms with E-state index in [2.05, 4.69) is 39.1 Å². The topological polar surface area (TPSA) is 52.6 Å². The summed E-state index contributed by atoms with van der Waals surface area (Å²) in [5, 5.41) is 3.66. The second-order valence-electron chi connectivity index (χ2n) is 8.15. The molecular weight excluding hydrogens is 457 g/mol. The van der Waals surface area contributed by atoms with Crippen LogP contribution in [0.4, 0.5) is 0 Å². The summed E-state index contributed by atoms with van der Waals surface area (Å²) >= 11 is 0. The van der Waals surface area contributed by atoms with Crippen molar-refractivity contribution < 1.29 is 9.47 Å². The van der Waals surface area contributed by atoms with Gasteiger partial charge in [0.05, 0.1) is 6.61 Å². The van der Waals surface area contributed by atoms with Gasteiger partial charge in [-0.25, -0.2) is 0 Å². The van der Waals surface area contributed by atoms with Crippen LogP contribution in [0, 0.1) is 5.92 Å². The van der Waals surface area contributed by atoms with Crippen LogP contribution in [0.3, 0.4) is 0 Å². The Bertz CT molecular complexity index is 457. The molecule has 3 heterocycles. The monoisotopic (exact) mass is 495 g/mol. The van der Waals surface area contributed by atoms with Gasteiger partial charge in [-0.3, -0.25) is 9.89 Å². The van der Waals surface area contributed by atoms with Crippen molar-refractivity contribution in [3.05, 3.63) is 0 Å². The highest BCUT2D eigenvalue weighted by Gasteiger charge is 2.35. The van der Waals surface area contributed by atoms with Crippen LogP contribution in [0.5, 0.6) is 0 Å². The Morgan fingerprint density at radius 2 is 1.81 bits per heavy atom. The van der Waals surface area contributed by atoms with E-state index in [1.165, 1.54) is 13.0 Å². The van der Waals surface area contributed by atoms with Crippen molar-refractivity contribution in [1.82, 2.24) is 20.0 Å². The van der Waals surface area contributed by atoms with Crippen LogP contribution in [0.2, 0.25) is 0 Å². The maximum atomic E-state index is 5.58. The van der Waals surface area contributed by atoms with E-state index < -0.39 is 0 Å². The molecule has 158 valence electrons. The molecule has 0 aromatic carbocycles. The molecule has 3 fully saturated rings. The van der Waals surface area contributed by atoms with Crippen LogP contribution >= 0.6 is 24.0 Å². The molecular formula is C19H38IN5O2. The average Bonchev–Trinajstić information content (AvgIpc) is 3.17. The lowest BCUT2D eigenvalue weighted by molar-refractivity contribution is -0.00536. The van der Waals surface area contributed by atoms with E-state index in [1.54, 1.807) is 0 Å². The number of nitrogens with one attached hydrogen (secondary N) is 1. The quantitative estimate of drug-likeness (QED) is 0.348. The average molecular weight is 495 g/mol. The molecule has 3 rings (SSSR count). The number of hydrogen-bond donors (Lipinski definition) is 1. The standard InChI is InChI=1S/C19H37N5O2.HI/c1-20-18(21-16-19(22(2)3)5-12-25-13-6-19)24-9-7-23(8-10-24)14-17-4-11-26-15-17;/h17H,4-16H2,1-3H3,(H,20,21);1H. The van der Waals surface area contributed by atoms with Crippen molar-refractivity contribution in [2.24, 2.45) is 10.9 Å². The Balaban J connectivity index is 0.00000261. The zero-order valence-corrected chi connectivity index (χ0v) is 19.6. The first-order valence-corrected chi connectivity index (χ1v) is 10.1. The first-order chi connectivity index (χ1) is 12.6. The number of halogens is 1. The summed E-state index contributed by atoms with van der Waals surface area (Å²) in [5.41, 5.74) is 0.165. The minimum Gasteiger partial charge on any atom is -0.381 e. The van der Waals surface area contributed by atoms with Gasteiger partial charge in [0.1, 0.15) is 0 Å². The summed E-state index contributed by atoms with van der Waals surface area (Å²) in [6.45, 7) is 10.0. The summed E-state index contributed by atoms with van der Waals surface area (Å²) in [4.78, 5) is 11.9. The molecule has 0 aromatic rings. The molecule has 0 radical (unpaired) electrons. The van der Waals surface area contributed by atoms with Crippen molar-refractivity contribution in [3.8, 4) is 0 Å².